The summed E-state index contributed by atoms with van der Waals surface area (Å²) >= 11 is 0. The summed E-state index contributed by atoms with van der Waals surface area (Å²) < 4.78 is 26.6. The van der Waals surface area contributed by atoms with Crippen LogP contribution >= 0.6 is 0 Å². The molecule has 0 aliphatic heterocycles. The fraction of sp³-hybridized carbons (Fsp3) is 0.286. The Kier molecular flexibility index (Phi) is 3.22. The van der Waals surface area contributed by atoms with Gasteiger partial charge in [0.05, 0.1) is 11.4 Å². The first-order valence-corrected chi connectivity index (χ1v) is 6.47. The number of H-pyrrole nitrogens is 1. The summed E-state index contributed by atoms with van der Waals surface area (Å²) in [4.78, 5) is 18.8. The van der Waals surface area contributed by atoms with Crippen LogP contribution in [0.2, 0.25) is 0 Å². The largest absolute Gasteiger partial charge is 0.323 e. The smallest absolute Gasteiger partial charge is 0.255 e. The molecule has 6 heteroatoms. The number of rotatable bonds is 2. The van der Waals surface area contributed by atoms with E-state index in [9.17, 15) is 13.6 Å². The van der Waals surface area contributed by atoms with E-state index in [4.69, 9.17) is 0 Å². The number of anilines is 2. The Balaban J connectivity index is 1.97. The zero-order valence-electron chi connectivity index (χ0n) is 10.7. The predicted molar refractivity (Wildman–Crippen MR) is 71.1 cm³/mol. The second-order valence-electron chi connectivity index (χ2n) is 4.80. The normalized spacial score (nSPS) is 13.9. The first-order valence-electron chi connectivity index (χ1n) is 6.47. The summed E-state index contributed by atoms with van der Waals surface area (Å²) in [5.74, 6) is -1.03. The van der Waals surface area contributed by atoms with E-state index in [2.05, 4.69) is 15.3 Å². The maximum absolute atomic E-state index is 13.5. The lowest BCUT2D eigenvalue weighted by atomic mass is 9.97. The standard InChI is InChI=1S/C14H13F2N3O/c15-8-5-6-10(16)12(7-8)18-14-17-11-4-2-1-3-9(11)13(20)19-14/h5-7H,1-4H2,(H2,17,18,19,20). The molecule has 3 rings (SSSR count). The number of fused-ring (bicyclic) bond motifs is 1. The molecule has 1 aromatic carbocycles. The fourth-order valence-electron chi connectivity index (χ4n) is 2.38. The molecule has 1 aliphatic carbocycles. The highest BCUT2D eigenvalue weighted by atomic mass is 19.1. The van der Waals surface area contributed by atoms with Crippen LogP contribution in [0.4, 0.5) is 20.4 Å². The molecule has 0 saturated carbocycles. The molecular formula is C14H13F2N3O. The number of aryl methyl sites for hydroxylation is 1. The third-order valence-electron chi connectivity index (χ3n) is 3.37. The van der Waals surface area contributed by atoms with Crippen LogP contribution in [0, 0.1) is 11.6 Å². The minimum absolute atomic E-state index is 0.0519. The van der Waals surface area contributed by atoms with Crippen LogP contribution in [-0.2, 0) is 12.8 Å². The molecule has 20 heavy (non-hydrogen) atoms. The van der Waals surface area contributed by atoms with Gasteiger partial charge in [-0.1, -0.05) is 0 Å². The number of nitrogens with zero attached hydrogens (tertiary/aromatic N) is 1. The molecule has 0 atom stereocenters. The summed E-state index contributed by atoms with van der Waals surface area (Å²) in [7, 11) is 0. The van der Waals surface area contributed by atoms with E-state index >= 15 is 0 Å². The van der Waals surface area contributed by atoms with Gasteiger partial charge in [-0.25, -0.2) is 13.8 Å². The number of hydrogen-bond donors (Lipinski definition) is 2. The molecule has 0 radical (unpaired) electrons. The molecule has 0 spiro atoms. The van der Waals surface area contributed by atoms with Gasteiger partial charge >= 0.3 is 0 Å². The highest BCUT2D eigenvalue weighted by Crippen LogP contribution is 2.21. The van der Waals surface area contributed by atoms with Crippen molar-refractivity contribution in [2.75, 3.05) is 5.32 Å². The molecule has 1 aliphatic rings. The molecule has 0 bridgehead atoms. The zero-order valence-corrected chi connectivity index (χ0v) is 10.7. The van der Waals surface area contributed by atoms with E-state index in [1.807, 2.05) is 0 Å². The SMILES string of the molecule is O=c1[nH]c(Nc2cc(F)ccc2F)nc2c1CCCC2. The molecule has 0 amide bonds. The molecule has 1 aromatic heterocycles. The number of aromatic nitrogens is 2. The van der Waals surface area contributed by atoms with Gasteiger partial charge in [-0.3, -0.25) is 9.78 Å². The predicted octanol–water partition coefficient (Wildman–Crippen LogP) is 2.67. The van der Waals surface area contributed by atoms with Gasteiger partial charge < -0.3 is 5.32 Å². The van der Waals surface area contributed by atoms with Gasteiger partial charge in [0, 0.05) is 11.6 Å². The van der Waals surface area contributed by atoms with Gasteiger partial charge in [0.25, 0.3) is 5.56 Å². The maximum atomic E-state index is 13.5. The molecule has 104 valence electrons. The number of hydrogen-bond acceptors (Lipinski definition) is 3. The van der Waals surface area contributed by atoms with E-state index in [0.717, 1.165) is 43.2 Å². The minimum Gasteiger partial charge on any atom is -0.323 e. The third kappa shape index (κ3) is 2.41. The topological polar surface area (TPSA) is 57.8 Å². The van der Waals surface area contributed by atoms with E-state index in [1.54, 1.807) is 0 Å². The Morgan fingerprint density at radius 1 is 1.20 bits per heavy atom. The van der Waals surface area contributed by atoms with Crippen LogP contribution in [-0.4, -0.2) is 9.97 Å². The molecule has 0 saturated heterocycles. The second-order valence-corrected chi connectivity index (χ2v) is 4.80. The number of halogens is 2. The van der Waals surface area contributed by atoms with E-state index in [-0.39, 0.29) is 17.2 Å². The molecule has 2 aromatic rings. The quantitative estimate of drug-likeness (QED) is 0.887. The summed E-state index contributed by atoms with van der Waals surface area (Å²) in [5.41, 5.74) is 1.17. The average Bonchev–Trinajstić information content (AvgIpc) is 2.43. The van der Waals surface area contributed by atoms with Gasteiger partial charge in [0.15, 0.2) is 0 Å². The molecule has 1 heterocycles. The zero-order chi connectivity index (χ0) is 14.1. The second kappa shape index (κ2) is 5.03. The van der Waals surface area contributed by atoms with Gasteiger partial charge in [-0.2, -0.15) is 0 Å². The molecular weight excluding hydrogens is 264 g/mol. The van der Waals surface area contributed by atoms with Crippen molar-refractivity contribution < 1.29 is 8.78 Å². The average molecular weight is 277 g/mol. The van der Waals surface area contributed by atoms with Crippen LogP contribution < -0.4 is 10.9 Å². The van der Waals surface area contributed by atoms with Crippen molar-refractivity contribution in [2.24, 2.45) is 0 Å². The summed E-state index contributed by atoms with van der Waals surface area (Å²) in [6.45, 7) is 0. The monoisotopic (exact) mass is 277 g/mol. The van der Waals surface area contributed by atoms with Crippen molar-refractivity contribution in [3.05, 3.63) is 51.4 Å². The third-order valence-corrected chi connectivity index (χ3v) is 3.37. The van der Waals surface area contributed by atoms with Gasteiger partial charge in [-0.15, -0.1) is 0 Å². The van der Waals surface area contributed by atoms with Crippen molar-refractivity contribution in [3.63, 3.8) is 0 Å². The minimum atomic E-state index is -0.605. The Morgan fingerprint density at radius 3 is 2.85 bits per heavy atom. The first-order chi connectivity index (χ1) is 9.63. The van der Waals surface area contributed by atoms with Crippen molar-refractivity contribution >= 4 is 11.6 Å². The fourth-order valence-corrected chi connectivity index (χ4v) is 2.38. The Labute approximate surface area is 113 Å². The molecule has 4 nitrogen and oxygen atoms in total. The van der Waals surface area contributed by atoms with Crippen LogP contribution in [0.1, 0.15) is 24.1 Å². The summed E-state index contributed by atoms with van der Waals surface area (Å²) in [6.07, 6.45) is 3.41. The van der Waals surface area contributed by atoms with Crippen molar-refractivity contribution in [2.45, 2.75) is 25.7 Å². The van der Waals surface area contributed by atoms with E-state index < -0.39 is 11.6 Å². The lowest BCUT2D eigenvalue weighted by Crippen LogP contribution is -2.22. The van der Waals surface area contributed by atoms with Gasteiger partial charge in [-0.05, 0) is 37.8 Å². The molecule has 0 fully saturated rings. The number of benzene rings is 1. The van der Waals surface area contributed by atoms with E-state index in [0.29, 0.717) is 12.0 Å². The lowest BCUT2D eigenvalue weighted by molar-refractivity contribution is 0.603. The summed E-state index contributed by atoms with van der Waals surface area (Å²) in [6, 6.07) is 3.08. The highest BCUT2D eigenvalue weighted by molar-refractivity contribution is 5.54. The van der Waals surface area contributed by atoms with Crippen molar-refractivity contribution in [3.8, 4) is 0 Å². The summed E-state index contributed by atoms with van der Waals surface area (Å²) in [5, 5.41) is 2.62. The van der Waals surface area contributed by atoms with Gasteiger partial charge in [0.1, 0.15) is 11.6 Å². The molecule has 0 unspecified atom stereocenters. The van der Waals surface area contributed by atoms with Crippen LogP contribution in [0.5, 0.6) is 0 Å². The van der Waals surface area contributed by atoms with Crippen LogP contribution in [0.25, 0.3) is 0 Å². The van der Waals surface area contributed by atoms with Crippen LogP contribution in [0.3, 0.4) is 0 Å². The first kappa shape index (κ1) is 12.8. The van der Waals surface area contributed by atoms with Crippen LogP contribution in [0.15, 0.2) is 23.0 Å². The van der Waals surface area contributed by atoms with Crippen molar-refractivity contribution in [1.82, 2.24) is 9.97 Å². The highest BCUT2D eigenvalue weighted by Gasteiger charge is 2.16. The van der Waals surface area contributed by atoms with Crippen molar-refractivity contribution in [1.29, 1.82) is 0 Å². The van der Waals surface area contributed by atoms with Gasteiger partial charge in [0.2, 0.25) is 5.95 Å². The maximum Gasteiger partial charge on any atom is 0.255 e. The molecule has 2 N–H and O–H groups in total. The lowest BCUT2D eigenvalue weighted by Gasteiger charge is -2.15. The Bertz CT molecular complexity index is 712. The number of nitrogens with one attached hydrogen (secondary N) is 2. The Morgan fingerprint density at radius 2 is 2.00 bits per heavy atom. The Hall–Kier alpha value is -2.24. The van der Waals surface area contributed by atoms with E-state index in [1.165, 1.54) is 0 Å². The number of aromatic amines is 1.